The molecule has 0 aromatic carbocycles. The lowest BCUT2D eigenvalue weighted by Crippen LogP contribution is -2.22. The molecule has 3 heteroatoms. The van der Waals surface area contributed by atoms with Gasteiger partial charge in [0.1, 0.15) is 5.60 Å². The summed E-state index contributed by atoms with van der Waals surface area (Å²) < 4.78 is 0. The van der Waals surface area contributed by atoms with E-state index < -0.39 is 0 Å². The zero-order chi connectivity index (χ0) is 5.33. The molecule has 0 bridgehead atoms. The first-order chi connectivity index (χ1) is 3.33. The minimum Gasteiger partial charge on any atom is -0.393 e. The van der Waals surface area contributed by atoms with Gasteiger partial charge >= 0.3 is 0 Å². The molecule has 0 atom stereocenters. The molecular formula is C4H9NO2. The molecule has 0 saturated heterocycles. The molecule has 0 aromatic rings. The van der Waals surface area contributed by atoms with E-state index >= 15 is 0 Å². The van der Waals surface area contributed by atoms with Crippen LogP contribution in [0.25, 0.3) is 0 Å². The predicted octanol–water partition coefficient (Wildman–Crippen LogP) is -0.598. The van der Waals surface area contributed by atoms with E-state index in [2.05, 4.69) is 4.84 Å². The van der Waals surface area contributed by atoms with Crippen LogP contribution in [0.5, 0.6) is 0 Å². The normalized spacial score (nSPS) is 24.9. The number of nitrogens with two attached hydrogens (primary N) is 1. The van der Waals surface area contributed by atoms with Crippen molar-refractivity contribution in [3.63, 3.8) is 0 Å². The average molecular weight is 103 g/mol. The number of rotatable bonds is 2. The van der Waals surface area contributed by atoms with Crippen LogP contribution in [0, 0.1) is 0 Å². The third-order valence-electron chi connectivity index (χ3n) is 1.35. The molecule has 1 rings (SSSR count). The van der Waals surface area contributed by atoms with Gasteiger partial charge in [0.2, 0.25) is 0 Å². The van der Waals surface area contributed by atoms with Crippen molar-refractivity contribution in [1.29, 1.82) is 0 Å². The first-order valence-electron chi connectivity index (χ1n) is 2.32. The second-order valence-electron chi connectivity index (χ2n) is 1.96. The number of aliphatic hydroxyl groups is 1. The first kappa shape index (κ1) is 5.03. The molecule has 0 aromatic heterocycles. The van der Waals surface area contributed by atoms with E-state index in [-0.39, 0.29) is 12.2 Å². The van der Waals surface area contributed by atoms with Gasteiger partial charge in [0.25, 0.3) is 0 Å². The summed E-state index contributed by atoms with van der Waals surface area (Å²) in [4.78, 5) is 4.45. The van der Waals surface area contributed by atoms with E-state index in [1.807, 2.05) is 0 Å². The molecule has 1 fully saturated rings. The van der Waals surface area contributed by atoms with Crippen LogP contribution in [0.4, 0.5) is 0 Å². The van der Waals surface area contributed by atoms with Crippen molar-refractivity contribution in [3.8, 4) is 0 Å². The van der Waals surface area contributed by atoms with Crippen LogP contribution >= 0.6 is 0 Å². The topological polar surface area (TPSA) is 55.5 Å². The van der Waals surface area contributed by atoms with Crippen molar-refractivity contribution < 1.29 is 9.94 Å². The lowest BCUT2D eigenvalue weighted by Gasteiger charge is -2.04. The van der Waals surface area contributed by atoms with Crippen molar-refractivity contribution in [2.75, 3.05) is 6.61 Å². The summed E-state index contributed by atoms with van der Waals surface area (Å²) in [5.74, 6) is 4.82. The highest BCUT2D eigenvalue weighted by atomic mass is 16.6. The monoisotopic (exact) mass is 103 g/mol. The smallest absolute Gasteiger partial charge is 0.112 e. The van der Waals surface area contributed by atoms with E-state index in [1.54, 1.807) is 0 Å². The molecule has 0 heterocycles. The van der Waals surface area contributed by atoms with Gasteiger partial charge in [-0.15, -0.1) is 0 Å². The van der Waals surface area contributed by atoms with Gasteiger partial charge in [-0.1, -0.05) is 0 Å². The van der Waals surface area contributed by atoms with Crippen LogP contribution in [0.1, 0.15) is 12.8 Å². The minimum absolute atomic E-state index is 0.0590. The van der Waals surface area contributed by atoms with Gasteiger partial charge in [0.05, 0.1) is 6.61 Å². The van der Waals surface area contributed by atoms with Crippen LogP contribution in [0.3, 0.4) is 0 Å². The van der Waals surface area contributed by atoms with Crippen LogP contribution in [0.15, 0.2) is 0 Å². The molecule has 1 aliphatic rings. The van der Waals surface area contributed by atoms with Gasteiger partial charge in [-0.25, -0.2) is 5.90 Å². The SMILES string of the molecule is NOC1(CO)CC1. The number of hydrogen-bond donors (Lipinski definition) is 2. The summed E-state index contributed by atoms with van der Waals surface area (Å²) in [6.45, 7) is 0.0590. The Kier molecular flexibility index (Phi) is 1.03. The third kappa shape index (κ3) is 0.748. The molecule has 0 aliphatic heterocycles. The van der Waals surface area contributed by atoms with Crippen LogP contribution < -0.4 is 5.90 Å². The molecular weight excluding hydrogens is 94.0 g/mol. The Labute approximate surface area is 42.0 Å². The van der Waals surface area contributed by atoms with Gasteiger partial charge in [-0.05, 0) is 12.8 Å². The van der Waals surface area contributed by atoms with Gasteiger partial charge < -0.3 is 5.11 Å². The predicted molar refractivity (Wildman–Crippen MR) is 24.3 cm³/mol. The fourth-order valence-corrected chi connectivity index (χ4v) is 0.453. The maximum Gasteiger partial charge on any atom is 0.112 e. The summed E-state index contributed by atoms with van der Waals surface area (Å²) in [7, 11) is 0. The van der Waals surface area contributed by atoms with Gasteiger partial charge in [0, 0.05) is 0 Å². The van der Waals surface area contributed by atoms with Crippen LogP contribution in [-0.2, 0) is 4.84 Å². The first-order valence-corrected chi connectivity index (χ1v) is 2.32. The average Bonchev–Trinajstić information content (AvgIpc) is 2.46. The quantitative estimate of drug-likeness (QED) is 0.459. The minimum atomic E-state index is -0.333. The standard InChI is InChI=1S/C4H9NO2/c5-7-4(3-6)1-2-4/h6H,1-3,5H2. The molecule has 0 radical (unpaired) electrons. The van der Waals surface area contributed by atoms with Crippen molar-refractivity contribution in [2.45, 2.75) is 18.4 Å². The molecule has 0 unspecified atom stereocenters. The number of aliphatic hydroxyl groups excluding tert-OH is 1. The Bertz CT molecular complexity index is 64.1. The van der Waals surface area contributed by atoms with Crippen molar-refractivity contribution in [2.24, 2.45) is 5.90 Å². The highest BCUT2D eigenvalue weighted by molar-refractivity contribution is 4.94. The highest BCUT2D eigenvalue weighted by Gasteiger charge is 2.43. The Morgan fingerprint density at radius 3 is 2.29 bits per heavy atom. The fourth-order valence-electron chi connectivity index (χ4n) is 0.453. The highest BCUT2D eigenvalue weighted by Crippen LogP contribution is 2.36. The molecule has 0 amide bonds. The second kappa shape index (κ2) is 1.43. The molecule has 3 nitrogen and oxygen atoms in total. The molecule has 42 valence electrons. The van der Waals surface area contributed by atoms with E-state index in [4.69, 9.17) is 11.0 Å². The van der Waals surface area contributed by atoms with E-state index in [0.29, 0.717) is 0 Å². The van der Waals surface area contributed by atoms with E-state index in [9.17, 15) is 0 Å². The molecule has 7 heavy (non-hydrogen) atoms. The summed E-state index contributed by atoms with van der Waals surface area (Å²) in [5, 5.41) is 8.45. The van der Waals surface area contributed by atoms with Crippen molar-refractivity contribution in [1.82, 2.24) is 0 Å². The van der Waals surface area contributed by atoms with Crippen molar-refractivity contribution >= 4 is 0 Å². The van der Waals surface area contributed by atoms with Crippen molar-refractivity contribution in [3.05, 3.63) is 0 Å². The molecule has 0 spiro atoms. The van der Waals surface area contributed by atoms with E-state index in [1.165, 1.54) is 0 Å². The lowest BCUT2D eigenvalue weighted by molar-refractivity contribution is -0.00826. The summed E-state index contributed by atoms with van der Waals surface area (Å²) in [6.07, 6.45) is 1.81. The molecule has 1 saturated carbocycles. The summed E-state index contributed by atoms with van der Waals surface area (Å²) in [5.41, 5.74) is -0.333. The zero-order valence-corrected chi connectivity index (χ0v) is 4.05. The lowest BCUT2D eigenvalue weighted by atomic mass is 10.4. The van der Waals surface area contributed by atoms with Gasteiger partial charge in [-0.2, -0.15) is 0 Å². The fraction of sp³-hybridized carbons (Fsp3) is 1.00. The van der Waals surface area contributed by atoms with Gasteiger partial charge in [0.15, 0.2) is 0 Å². The zero-order valence-electron chi connectivity index (χ0n) is 4.05. The summed E-state index contributed by atoms with van der Waals surface area (Å²) >= 11 is 0. The van der Waals surface area contributed by atoms with E-state index in [0.717, 1.165) is 12.8 Å². The second-order valence-corrected chi connectivity index (χ2v) is 1.96. The summed E-state index contributed by atoms with van der Waals surface area (Å²) in [6, 6.07) is 0. The Balaban J connectivity index is 2.28. The third-order valence-corrected chi connectivity index (χ3v) is 1.35. The Morgan fingerprint density at radius 2 is 2.29 bits per heavy atom. The molecule has 3 N–H and O–H groups in total. The maximum absolute atomic E-state index is 8.45. The van der Waals surface area contributed by atoms with Gasteiger partial charge in [-0.3, -0.25) is 4.84 Å². The van der Waals surface area contributed by atoms with Crippen LogP contribution in [0.2, 0.25) is 0 Å². The maximum atomic E-state index is 8.45. The largest absolute Gasteiger partial charge is 0.393 e. The molecule has 1 aliphatic carbocycles. The van der Waals surface area contributed by atoms with Crippen LogP contribution in [-0.4, -0.2) is 17.3 Å². The number of hydrogen-bond acceptors (Lipinski definition) is 3. The Hall–Kier alpha value is -0.120. The Morgan fingerprint density at radius 1 is 1.71 bits per heavy atom.